The van der Waals surface area contributed by atoms with Crippen molar-refractivity contribution in [2.24, 2.45) is 4.99 Å². The van der Waals surface area contributed by atoms with E-state index in [4.69, 9.17) is 4.42 Å². The van der Waals surface area contributed by atoms with Gasteiger partial charge in [0.15, 0.2) is 5.96 Å². The lowest BCUT2D eigenvalue weighted by Crippen LogP contribution is -2.39. The second-order valence-corrected chi connectivity index (χ2v) is 6.85. The lowest BCUT2D eigenvalue weighted by Gasteiger charge is -2.19. The van der Waals surface area contributed by atoms with Crippen LogP contribution in [0.4, 0.5) is 4.39 Å². The van der Waals surface area contributed by atoms with Gasteiger partial charge in [0.1, 0.15) is 17.2 Å². The fourth-order valence-electron chi connectivity index (χ4n) is 2.78. The number of furan rings is 1. The molecule has 162 valence electrons. The van der Waals surface area contributed by atoms with Crippen LogP contribution in [0, 0.1) is 5.82 Å². The van der Waals surface area contributed by atoms with Crippen LogP contribution >= 0.6 is 24.0 Å². The lowest BCUT2D eigenvalue weighted by molar-refractivity contribution is 0.0437. The number of nitrogens with zero attached hydrogens (tertiary/aromatic N) is 3. The van der Waals surface area contributed by atoms with Gasteiger partial charge < -0.3 is 20.2 Å². The van der Waals surface area contributed by atoms with Gasteiger partial charge in [-0.25, -0.2) is 14.1 Å². The van der Waals surface area contributed by atoms with E-state index >= 15 is 0 Å². The second-order valence-electron chi connectivity index (χ2n) is 6.85. The summed E-state index contributed by atoms with van der Waals surface area (Å²) in [6, 6.07) is 11.6. The molecule has 0 saturated heterocycles. The highest BCUT2D eigenvalue weighted by atomic mass is 127. The summed E-state index contributed by atoms with van der Waals surface area (Å²) in [5, 5.41) is 21.4. The standard InChI is InChI=1S/C21H26FN5O2.HI/c1-3-23-20(25-15-21(2,28)19-5-4-14-29-19)24-12-10-17-11-13-27(26-17)18-8-6-16(22)7-9-18;/h4-9,11,13-14,28H,3,10,12,15H2,1-2H3,(H2,23,24,25);1H. The maximum Gasteiger partial charge on any atom is 0.191 e. The van der Waals surface area contributed by atoms with Crippen molar-refractivity contribution in [2.75, 3.05) is 19.6 Å². The zero-order valence-corrected chi connectivity index (χ0v) is 19.3. The Kier molecular flexibility index (Phi) is 8.85. The number of rotatable bonds is 8. The first-order chi connectivity index (χ1) is 14.0. The third kappa shape index (κ3) is 6.56. The van der Waals surface area contributed by atoms with Gasteiger partial charge in [0.2, 0.25) is 0 Å². The van der Waals surface area contributed by atoms with E-state index in [1.54, 1.807) is 35.9 Å². The molecule has 2 aromatic heterocycles. The molecule has 30 heavy (non-hydrogen) atoms. The first-order valence-electron chi connectivity index (χ1n) is 9.57. The number of aromatic nitrogens is 2. The normalized spacial score (nSPS) is 13.4. The number of guanidine groups is 1. The monoisotopic (exact) mass is 527 g/mol. The van der Waals surface area contributed by atoms with Crippen LogP contribution in [0.3, 0.4) is 0 Å². The third-order valence-electron chi connectivity index (χ3n) is 4.35. The molecular formula is C21H27FIN5O2. The summed E-state index contributed by atoms with van der Waals surface area (Å²) in [5.41, 5.74) is 0.528. The quantitative estimate of drug-likeness (QED) is 0.238. The van der Waals surface area contributed by atoms with E-state index in [0.717, 1.165) is 11.4 Å². The molecule has 0 radical (unpaired) electrons. The van der Waals surface area contributed by atoms with E-state index in [1.165, 1.54) is 18.4 Å². The van der Waals surface area contributed by atoms with Crippen molar-refractivity contribution in [2.45, 2.75) is 25.9 Å². The topological polar surface area (TPSA) is 87.6 Å². The van der Waals surface area contributed by atoms with Gasteiger partial charge in [-0.3, -0.25) is 0 Å². The molecule has 0 aliphatic rings. The lowest BCUT2D eigenvalue weighted by atomic mass is 10.0. The number of hydrogen-bond donors (Lipinski definition) is 3. The first kappa shape index (κ1) is 23.9. The molecule has 0 saturated carbocycles. The maximum atomic E-state index is 13.1. The van der Waals surface area contributed by atoms with Gasteiger partial charge >= 0.3 is 0 Å². The van der Waals surface area contributed by atoms with Crippen LogP contribution < -0.4 is 10.6 Å². The molecule has 1 atom stereocenters. The summed E-state index contributed by atoms with van der Waals surface area (Å²) in [5.74, 6) is 0.812. The zero-order chi connectivity index (χ0) is 20.7. The van der Waals surface area contributed by atoms with Crippen molar-refractivity contribution in [3.8, 4) is 5.69 Å². The molecule has 3 rings (SSSR count). The highest BCUT2D eigenvalue weighted by molar-refractivity contribution is 14.0. The van der Waals surface area contributed by atoms with Gasteiger partial charge in [-0.2, -0.15) is 5.10 Å². The van der Waals surface area contributed by atoms with Gasteiger partial charge in [-0.05, 0) is 56.3 Å². The highest BCUT2D eigenvalue weighted by Crippen LogP contribution is 2.21. The Morgan fingerprint density at radius 3 is 2.67 bits per heavy atom. The predicted molar refractivity (Wildman–Crippen MR) is 125 cm³/mol. The van der Waals surface area contributed by atoms with Crippen LogP contribution in [0.2, 0.25) is 0 Å². The Morgan fingerprint density at radius 1 is 1.23 bits per heavy atom. The number of benzene rings is 1. The second kappa shape index (κ2) is 11.1. The Labute approximate surface area is 192 Å². The van der Waals surface area contributed by atoms with E-state index in [-0.39, 0.29) is 36.3 Å². The summed E-state index contributed by atoms with van der Waals surface area (Å²) in [6.45, 7) is 5.13. The van der Waals surface area contributed by atoms with Crippen molar-refractivity contribution >= 4 is 29.9 Å². The number of aliphatic hydroxyl groups is 1. The molecule has 1 unspecified atom stereocenters. The minimum Gasteiger partial charge on any atom is -0.466 e. The molecular weight excluding hydrogens is 500 g/mol. The third-order valence-corrected chi connectivity index (χ3v) is 4.35. The van der Waals surface area contributed by atoms with E-state index in [2.05, 4.69) is 20.7 Å². The summed E-state index contributed by atoms with van der Waals surface area (Å²) in [4.78, 5) is 4.46. The van der Waals surface area contributed by atoms with Gasteiger partial charge in [0.05, 0.1) is 24.2 Å². The molecule has 2 heterocycles. The van der Waals surface area contributed by atoms with Gasteiger partial charge in [-0.1, -0.05) is 0 Å². The van der Waals surface area contributed by atoms with Crippen LogP contribution in [0.25, 0.3) is 5.69 Å². The number of nitrogens with one attached hydrogen (secondary N) is 2. The average molecular weight is 527 g/mol. The van der Waals surface area contributed by atoms with E-state index in [0.29, 0.717) is 31.2 Å². The SMILES string of the molecule is CCNC(=NCC(C)(O)c1ccco1)NCCc1ccn(-c2ccc(F)cc2)n1.I. The molecule has 0 aliphatic heterocycles. The van der Waals surface area contributed by atoms with E-state index in [9.17, 15) is 9.50 Å². The van der Waals surface area contributed by atoms with Crippen molar-refractivity contribution < 1.29 is 13.9 Å². The Hall–Kier alpha value is -2.40. The first-order valence-corrected chi connectivity index (χ1v) is 9.57. The van der Waals surface area contributed by atoms with Gasteiger partial charge in [0.25, 0.3) is 0 Å². The maximum absolute atomic E-state index is 13.1. The molecule has 0 aliphatic carbocycles. The largest absolute Gasteiger partial charge is 0.466 e. The van der Waals surface area contributed by atoms with Crippen LogP contribution in [-0.2, 0) is 12.0 Å². The number of halogens is 2. The summed E-state index contributed by atoms with van der Waals surface area (Å²) >= 11 is 0. The molecule has 0 amide bonds. The van der Waals surface area contributed by atoms with Crippen LogP contribution in [0.15, 0.2) is 64.3 Å². The molecule has 0 spiro atoms. The minimum atomic E-state index is -1.18. The smallest absolute Gasteiger partial charge is 0.191 e. The molecule has 3 N–H and O–H groups in total. The predicted octanol–water partition coefficient (Wildman–Crippen LogP) is 3.23. The fourth-order valence-corrected chi connectivity index (χ4v) is 2.78. The van der Waals surface area contributed by atoms with Crippen LogP contribution in [0.1, 0.15) is 25.3 Å². The van der Waals surface area contributed by atoms with Crippen LogP contribution in [-0.4, -0.2) is 40.5 Å². The molecule has 0 fully saturated rings. The number of aliphatic imine (C=N–C) groups is 1. The fraction of sp³-hybridized carbons (Fsp3) is 0.333. The summed E-state index contributed by atoms with van der Waals surface area (Å²) in [6.07, 6.45) is 4.07. The van der Waals surface area contributed by atoms with Crippen LogP contribution in [0.5, 0.6) is 0 Å². The Morgan fingerprint density at radius 2 is 2.00 bits per heavy atom. The molecule has 1 aromatic carbocycles. The van der Waals surface area contributed by atoms with Gasteiger partial charge in [-0.15, -0.1) is 24.0 Å². The molecule has 3 aromatic rings. The average Bonchev–Trinajstić information content (AvgIpc) is 3.39. The summed E-state index contributed by atoms with van der Waals surface area (Å²) in [7, 11) is 0. The van der Waals surface area contributed by atoms with E-state index in [1.807, 2.05) is 19.2 Å². The highest BCUT2D eigenvalue weighted by Gasteiger charge is 2.26. The Balaban J connectivity index is 0.00000320. The minimum absolute atomic E-state index is 0. The van der Waals surface area contributed by atoms with Crippen molar-refractivity contribution in [3.05, 3.63) is 72.2 Å². The molecule has 0 bridgehead atoms. The Bertz CT molecular complexity index is 923. The van der Waals surface area contributed by atoms with E-state index < -0.39 is 5.60 Å². The van der Waals surface area contributed by atoms with Crippen molar-refractivity contribution in [1.29, 1.82) is 0 Å². The van der Waals surface area contributed by atoms with Crippen molar-refractivity contribution in [1.82, 2.24) is 20.4 Å². The van der Waals surface area contributed by atoms with Crippen molar-refractivity contribution in [3.63, 3.8) is 0 Å². The van der Waals surface area contributed by atoms with Gasteiger partial charge in [0, 0.05) is 25.7 Å². The molecule has 9 heteroatoms. The number of hydrogen-bond acceptors (Lipinski definition) is 4. The zero-order valence-electron chi connectivity index (χ0n) is 17.0. The summed E-state index contributed by atoms with van der Waals surface area (Å²) < 4.78 is 20.1. The molecule has 7 nitrogen and oxygen atoms in total.